The average molecular weight is 201 g/mol. The first-order valence-corrected chi connectivity index (χ1v) is 5.33. The molecule has 1 unspecified atom stereocenters. The Morgan fingerprint density at radius 2 is 2.07 bits per heavy atom. The maximum Gasteiger partial charge on any atom is 0.106 e. The van der Waals surface area contributed by atoms with Gasteiger partial charge in [-0.3, -0.25) is 0 Å². The summed E-state index contributed by atoms with van der Waals surface area (Å²) in [6.07, 6.45) is 1.88. The van der Waals surface area contributed by atoms with Crippen LogP contribution in [0.3, 0.4) is 0 Å². The molecule has 0 amide bonds. The summed E-state index contributed by atoms with van der Waals surface area (Å²) in [5, 5.41) is 9.33. The molecule has 0 aromatic heterocycles. The fourth-order valence-electron chi connectivity index (χ4n) is 2.05. The molecule has 1 aliphatic heterocycles. The quantitative estimate of drug-likeness (QED) is 0.699. The van der Waals surface area contributed by atoms with Gasteiger partial charge in [-0.25, -0.2) is 0 Å². The molecule has 2 heteroatoms. The minimum absolute atomic E-state index is 0.411. The molecule has 0 bridgehead atoms. The Labute approximate surface area is 90.5 Å². The Morgan fingerprint density at radius 1 is 1.33 bits per heavy atom. The SMILES string of the molecule is Cc1ccc(C2(C#N)CCCOC2)cc1. The van der Waals surface area contributed by atoms with E-state index in [9.17, 15) is 5.26 Å². The zero-order chi connectivity index (χ0) is 10.7. The molecular weight excluding hydrogens is 186 g/mol. The predicted molar refractivity (Wildman–Crippen MR) is 58.5 cm³/mol. The summed E-state index contributed by atoms with van der Waals surface area (Å²) in [7, 11) is 0. The summed E-state index contributed by atoms with van der Waals surface area (Å²) < 4.78 is 5.44. The normalized spacial score (nSPS) is 25.9. The van der Waals surface area contributed by atoms with Gasteiger partial charge in [-0.2, -0.15) is 5.26 Å². The van der Waals surface area contributed by atoms with E-state index in [1.165, 1.54) is 5.56 Å². The number of hydrogen-bond acceptors (Lipinski definition) is 2. The number of nitriles is 1. The van der Waals surface area contributed by atoms with Crippen LogP contribution in [-0.2, 0) is 10.2 Å². The molecule has 1 heterocycles. The third-order valence-corrected chi connectivity index (χ3v) is 3.06. The number of nitrogens with zero attached hydrogens (tertiary/aromatic N) is 1. The largest absolute Gasteiger partial charge is 0.379 e. The molecule has 15 heavy (non-hydrogen) atoms. The maximum atomic E-state index is 9.33. The van der Waals surface area contributed by atoms with Gasteiger partial charge in [0.1, 0.15) is 5.41 Å². The molecule has 1 fully saturated rings. The van der Waals surface area contributed by atoms with E-state index in [1.807, 2.05) is 12.1 Å². The first-order chi connectivity index (χ1) is 7.27. The molecule has 1 aliphatic rings. The van der Waals surface area contributed by atoms with E-state index in [0.717, 1.165) is 25.0 Å². The molecule has 0 spiro atoms. The molecule has 0 aliphatic carbocycles. The standard InChI is InChI=1S/C13H15NO/c1-11-3-5-12(6-4-11)13(9-14)7-2-8-15-10-13/h3-6H,2,7-8,10H2,1H3. The molecule has 78 valence electrons. The van der Waals surface area contributed by atoms with Crippen LogP contribution in [0.4, 0.5) is 0 Å². The number of hydrogen-bond donors (Lipinski definition) is 0. The Morgan fingerprint density at radius 3 is 2.60 bits per heavy atom. The van der Waals surface area contributed by atoms with E-state index < -0.39 is 5.41 Å². The molecule has 0 N–H and O–H groups in total. The van der Waals surface area contributed by atoms with Gasteiger partial charge in [0.2, 0.25) is 0 Å². The maximum absolute atomic E-state index is 9.33. The van der Waals surface area contributed by atoms with Crippen molar-refractivity contribution < 1.29 is 4.74 Å². The van der Waals surface area contributed by atoms with E-state index >= 15 is 0 Å². The van der Waals surface area contributed by atoms with E-state index in [2.05, 4.69) is 25.1 Å². The Bertz CT molecular complexity index is 369. The van der Waals surface area contributed by atoms with Crippen molar-refractivity contribution in [3.05, 3.63) is 35.4 Å². The minimum Gasteiger partial charge on any atom is -0.379 e. The first kappa shape index (κ1) is 10.2. The summed E-state index contributed by atoms with van der Waals surface area (Å²) in [4.78, 5) is 0. The highest BCUT2D eigenvalue weighted by atomic mass is 16.5. The van der Waals surface area contributed by atoms with Crippen LogP contribution in [0.5, 0.6) is 0 Å². The van der Waals surface area contributed by atoms with Crippen molar-refractivity contribution in [3.63, 3.8) is 0 Å². The van der Waals surface area contributed by atoms with Crippen LogP contribution in [-0.4, -0.2) is 13.2 Å². The summed E-state index contributed by atoms with van der Waals surface area (Å²) in [6.45, 7) is 3.38. The predicted octanol–water partition coefficient (Wildman–Crippen LogP) is 2.57. The van der Waals surface area contributed by atoms with Crippen molar-refractivity contribution in [2.75, 3.05) is 13.2 Å². The van der Waals surface area contributed by atoms with E-state index in [0.29, 0.717) is 6.61 Å². The molecule has 1 atom stereocenters. The lowest BCUT2D eigenvalue weighted by atomic mass is 9.77. The number of benzene rings is 1. The smallest absolute Gasteiger partial charge is 0.106 e. The second-order valence-corrected chi connectivity index (χ2v) is 4.22. The van der Waals surface area contributed by atoms with Crippen LogP contribution in [0.1, 0.15) is 24.0 Å². The van der Waals surface area contributed by atoms with Gasteiger partial charge in [-0.05, 0) is 25.3 Å². The van der Waals surface area contributed by atoms with Gasteiger partial charge < -0.3 is 4.74 Å². The molecule has 1 saturated heterocycles. The minimum atomic E-state index is -0.411. The van der Waals surface area contributed by atoms with E-state index in [4.69, 9.17) is 4.74 Å². The highest BCUT2D eigenvalue weighted by Crippen LogP contribution is 2.32. The Balaban J connectivity index is 2.33. The van der Waals surface area contributed by atoms with Crippen molar-refractivity contribution in [1.82, 2.24) is 0 Å². The monoisotopic (exact) mass is 201 g/mol. The van der Waals surface area contributed by atoms with Crippen molar-refractivity contribution >= 4 is 0 Å². The molecule has 0 saturated carbocycles. The van der Waals surface area contributed by atoms with Gasteiger partial charge in [0, 0.05) is 6.61 Å². The van der Waals surface area contributed by atoms with Crippen LogP contribution in [0, 0.1) is 18.3 Å². The lowest BCUT2D eigenvalue weighted by Crippen LogP contribution is -2.34. The third-order valence-electron chi connectivity index (χ3n) is 3.06. The molecule has 0 radical (unpaired) electrons. The first-order valence-electron chi connectivity index (χ1n) is 5.33. The Kier molecular flexibility index (Phi) is 2.75. The van der Waals surface area contributed by atoms with Gasteiger partial charge in [0.05, 0.1) is 12.7 Å². The lowest BCUT2D eigenvalue weighted by molar-refractivity contribution is 0.0563. The van der Waals surface area contributed by atoms with Gasteiger partial charge in [0.15, 0.2) is 0 Å². The van der Waals surface area contributed by atoms with Crippen LogP contribution in [0.25, 0.3) is 0 Å². The molecule has 2 rings (SSSR count). The highest BCUT2D eigenvalue weighted by molar-refractivity contribution is 5.34. The number of rotatable bonds is 1. The molecule has 1 aromatic carbocycles. The zero-order valence-corrected chi connectivity index (χ0v) is 8.99. The van der Waals surface area contributed by atoms with E-state index in [1.54, 1.807) is 0 Å². The van der Waals surface area contributed by atoms with Crippen LogP contribution in [0.15, 0.2) is 24.3 Å². The molecule has 1 aromatic rings. The molecular formula is C13H15NO. The van der Waals surface area contributed by atoms with E-state index in [-0.39, 0.29) is 0 Å². The highest BCUT2D eigenvalue weighted by Gasteiger charge is 2.34. The van der Waals surface area contributed by atoms with Crippen LogP contribution in [0.2, 0.25) is 0 Å². The summed E-state index contributed by atoms with van der Waals surface area (Å²) >= 11 is 0. The fraction of sp³-hybridized carbons (Fsp3) is 0.462. The van der Waals surface area contributed by atoms with Crippen molar-refractivity contribution in [2.24, 2.45) is 0 Å². The second-order valence-electron chi connectivity index (χ2n) is 4.22. The van der Waals surface area contributed by atoms with Crippen molar-refractivity contribution in [2.45, 2.75) is 25.2 Å². The number of aryl methyl sites for hydroxylation is 1. The topological polar surface area (TPSA) is 33.0 Å². The molecule has 2 nitrogen and oxygen atoms in total. The second kappa shape index (κ2) is 4.04. The Hall–Kier alpha value is -1.33. The zero-order valence-electron chi connectivity index (χ0n) is 8.99. The van der Waals surface area contributed by atoms with Crippen LogP contribution >= 0.6 is 0 Å². The third kappa shape index (κ3) is 1.88. The van der Waals surface area contributed by atoms with Gasteiger partial charge >= 0.3 is 0 Å². The summed E-state index contributed by atoms with van der Waals surface area (Å²) in [6, 6.07) is 10.6. The van der Waals surface area contributed by atoms with Crippen molar-refractivity contribution in [1.29, 1.82) is 5.26 Å². The number of ether oxygens (including phenoxy) is 1. The van der Waals surface area contributed by atoms with Crippen LogP contribution < -0.4 is 0 Å². The van der Waals surface area contributed by atoms with Gasteiger partial charge in [-0.15, -0.1) is 0 Å². The van der Waals surface area contributed by atoms with Crippen molar-refractivity contribution in [3.8, 4) is 6.07 Å². The van der Waals surface area contributed by atoms with Gasteiger partial charge in [0.25, 0.3) is 0 Å². The van der Waals surface area contributed by atoms with Gasteiger partial charge in [-0.1, -0.05) is 29.8 Å². The summed E-state index contributed by atoms with van der Waals surface area (Å²) in [5.41, 5.74) is 1.91. The summed E-state index contributed by atoms with van der Waals surface area (Å²) in [5.74, 6) is 0. The average Bonchev–Trinajstić information content (AvgIpc) is 2.31. The fourth-order valence-corrected chi connectivity index (χ4v) is 2.05. The lowest BCUT2D eigenvalue weighted by Gasteiger charge is -2.31.